The van der Waals surface area contributed by atoms with Crippen LogP contribution >= 0.6 is 0 Å². The Balaban J connectivity index is 0. The van der Waals surface area contributed by atoms with Crippen molar-refractivity contribution in [2.75, 3.05) is 33.0 Å². The molecule has 0 aliphatic rings. The number of ether oxygens (including phenoxy) is 2. The number of unbranched alkanes of at least 4 members (excludes halogenated alkanes) is 4. The molecule has 0 saturated carbocycles. The maximum Gasteiger partial charge on any atom is 0.220 e. The summed E-state index contributed by atoms with van der Waals surface area (Å²) >= 11 is 0. The van der Waals surface area contributed by atoms with Crippen molar-refractivity contribution in [3.8, 4) is 0 Å². The Bertz CT molecular complexity index is 187. The van der Waals surface area contributed by atoms with E-state index < -0.39 is 0 Å². The third-order valence-corrected chi connectivity index (χ3v) is 2.65. The highest BCUT2D eigenvalue weighted by atomic mass is 16.5. The van der Waals surface area contributed by atoms with Crippen molar-refractivity contribution in [2.45, 2.75) is 66.2 Å². The zero-order valence-electron chi connectivity index (χ0n) is 14.0. The predicted octanol–water partition coefficient (Wildman–Crippen LogP) is 3.54. The molecule has 0 radical (unpaired) electrons. The van der Waals surface area contributed by atoms with E-state index in [0.29, 0.717) is 32.8 Å². The molecule has 1 amide bonds. The maximum absolute atomic E-state index is 11.4. The van der Waals surface area contributed by atoms with Crippen molar-refractivity contribution >= 4 is 5.91 Å². The summed E-state index contributed by atoms with van der Waals surface area (Å²) < 4.78 is 10.4. The summed E-state index contributed by atoms with van der Waals surface area (Å²) in [6.45, 7) is 11.3. The highest BCUT2D eigenvalue weighted by Gasteiger charge is 1.99. The van der Waals surface area contributed by atoms with E-state index in [2.05, 4.69) is 12.2 Å². The van der Waals surface area contributed by atoms with Gasteiger partial charge in [0.1, 0.15) is 0 Å². The van der Waals surface area contributed by atoms with Crippen molar-refractivity contribution in [2.24, 2.45) is 0 Å². The molecule has 0 atom stereocenters. The van der Waals surface area contributed by atoms with E-state index in [1.54, 1.807) is 0 Å². The van der Waals surface area contributed by atoms with E-state index in [9.17, 15) is 4.79 Å². The molecule has 0 aliphatic carbocycles. The zero-order chi connectivity index (χ0) is 15.5. The zero-order valence-corrected chi connectivity index (χ0v) is 14.0. The lowest BCUT2D eigenvalue weighted by molar-refractivity contribution is -0.121. The SMILES string of the molecule is CC.CCCCCCCC(=O)NCCOCCOCC. The second kappa shape index (κ2) is 20.7. The number of amides is 1. The first kappa shape index (κ1) is 21.7. The molecular weight excluding hydrogens is 254 g/mol. The molecule has 0 unspecified atom stereocenters. The summed E-state index contributed by atoms with van der Waals surface area (Å²) in [5.41, 5.74) is 0. The van der Waals surface area contributed by atoms with Crippen LogP contribution in [0, 0.1) is 0 Å². The van der Waals surface area contributed by atoms with E-state index in [1.165, 1.54) is 19.3 Å². The van der Waals surface area contributed by atoms with Gasteiger partial charge in [-0.3, -0.25) is 4.79 Å². The molecule has 0 aromatic rings. The number of hydrogen-bond acceptors (Lipinski definition) is 3. The summed E-state index contributed by atoms with van der Waals surface area (Å²) in [6, 6.07) is 0. The highest BCUT2D eigenvalue weighted by molar-refractivity contribution is 5.75. The second-order valence-corrected chi connectivity index (χ2v) is 4.32. The van der Waals surface area contributed by atoms with Crippen LogP contribution in [0.5, 0.6) is 0 Å². The van der Waals surface area contributed by atoms with Gasteiger partial charge in [-0.1, -0.05) is 46.5 Å². The molecule has 0 fully saturated rings. The first-order valence-electron chi connectivity index (χ1n) is 8.23. The lowest BCUT2D eigenvalue weighted by Gasteiger charge is -2.06. The number of nitrogens with one attached hydrogen (secondary N) is 1. The third-order valence-electron chi connectivity index (χ3n) is 2.65. The minimum absolute atomic E-state index is 0.139. The van der Waals surface area contributed by atoms with Gasteiger partial charge in [0.25, 0.3) is 0 Å². The lowest BCUT2D eigenvalue weighted by Crippen LogP contribution is -2.27. The molecule has 0 aromatic carbocycles. The number of carbonyl (C=O) groups excluding carboxylic acids is 1. The van der Waals surface area contributed by atoms with Gasteiger partial charge in [0.2, 0.25) is 5.91 Å². The average molecular weight is 289 g/mol. The fraction of sp³-hybridized carbons (Fsp3) is 0.938. The fourth-order valence-corrected chi connectivity index (χ4v) is 1.60. The molecular formula is C16H35NO3. The second-order valence-electron chi connectivity index (χ2n) is 4.32. The van der Waals surface area contributed by atoms with Crippen LogP contribution in [0.25, 0.3) is 0 Å². The lowest BCUT2D eigenvalue weighted by atomic mass is 10.1. The van der Waals surface area contributed by atoms with Crippen LogP contribution in [0.2, 0.25) is 0 Å². The van der Waals surface area contributed by atoms with Crippen LogP contribution in [0.4, 0.5) is 0 Å². The molecule has 20 heavy (non-hydrogen) atoms. The first-order chi connectivity index (χ1) is 9.81. The van der Waals surface area contributed by atoms with Crippen molar-refractivity contribution in [1.82, 2.24) is 5.32 Å². The summed E-state index contributed by atoms with van der Waals surface area (Å²) in [6.07, 6.45) is 6.55. The van der Waals surface area contributed by atoms with Gasteiger partial charge in [-0.05, 0) is 13.3 Å². The van der Waals surface area contributed by atoms with Gasteiger partial charge in [-0.25, -0.2) is 0 Å². The smallest absolute Gasteiger partial charge is 0.220 e. The van der Waals surface area contributed by atoms with Crippen LogP contribution in [-0.4, -0.2) is 38.9 Å². The molecule has 0 spiro atoms. The Morgan fingerprint density at radius 1 is 0.900 bits per heavy atom. The largest absolute Gasteiger partial charge is 0.379 e. The molecule has 4 nitrogen and oxygen atoms in total. The van der Waals surface area contributed by atoms with Gasteiger partial charge >= 0.3 is 0 Å². The van der Waals surface area contributed by atoms with E-state index in [0.717, 1.165) is 19.4 Å². The number of hydrogen-bond donors (Lipinski definition) is 1. The number of carbonyl (C=O) groups is 1. The van der Waals surface area contributed by atoms with Crippen LogP contribution in [0.1, 0.15) is 66.2 Å². The van der Waals surface area contributed by atoms with Crippen LogP contribution in [-0.2, 0) is 14.3 Å². The van der Waals surface area contributed by atoms with Crippen LogP contribution in [0.3, 0.4) is 0 Å². The first-order valence-corrected chi connectivity index (χ1v) is 8.23. The molecule has 1 N–H and O–H groups in total. The minimum atomic E-state index is 0.139. The standard InChI is InChI=1S/C14H29NO3.C2H6/c1-3-5-6-7-8-9-14(16)15-10-11-18-13-12-17-4-2;1-2/h3-13H2,1-2H3,(H,15,16);1-2H3. The molecule has 122 valence electrons. The normalized spacial score (nSPS) is 9.80. The predicted molar refractivity (Wildman–Crippen MR) is 85.0 cm³/mol. The van der Waals surface area contributed by atoms with Crippen molar-refractivity contribution in [3.63, 3.8) is 0 Å². The van der Waals surface area contributed by atoms with E-state index in [4.69, 9.17) is 9.47 Å². The van der Waals surface area contributed by atoms with Crippen molar-refractivity contribution < 1.29 is 14.3 Å². The van der Waals surface area contributed by atoms with Crippen LogP contribution in [0.15, 0.2) is 0 Å². The molecule has 0 heterocycles. The Labute approximate surface area is 125 Å². The molecule has 0 bridgehead atoms. The van der Waals surface area contributed by atoms with Gasteiger partial charge < -0.3 is 14.8 Å². The molecule has 0 aliphatic heterocycles. The Morgan fingerprint density at radius 3 is 2.20 bits per heavy atom. The third kappa shape index (κ3) is 19.7. The highest BCUT2D eigenvalue weighted by Crippen LogP contribution is 2.04. The topological polar surface area (TPSA) is 47.6 Å². The Hall–Kier alpha value is -0.610. The average Bonchev–Trinajstić information content (AvgIpc) is 2.48. The van der Waals surface area contributed by atoms with Gasteiger partial charge in [0.15, 0.2) is 0 Å². The monoisotopic (exact) mass is 289 g/mol. The molecule has 4 heteroatoms. The Morgan fingerprint density at radius 2 is 1.55 bits per heavy atom. The molecule has 0 aromatic heterocycles. The molecule has 0 saturated heterocycles. The van der Waals surface area contributed by atoms with E-state index in [1.807, 2.05) is 20.8 Å². The van der Waals surface area contributed by atoms with Crippen LogP contribution < -0.4 is 5.32 Å². The fourth-order valence-electron chi connectivity index (χ4n) is 1.60. The Kier molecular flexibility index (Phi) is 22.4. The van der Waals surface area contributed by atoms with Crippen molar-refractivity contribution in [3.05, 3.63) is 0 Å². The summed E-state index contributed by atoms with van der Waals surface area (Å²) in [4.78, 5) is 11.4. The molecule has 0 rings (SSSR count). The maximum atomic E-state index is 11.4. The summed E-state index contributed by atoms with van der Waals surface area (Å²) in [5.74, 6) is 0.139. The van der Waals surface area contributed by atoms with Gasteiger partial charge in [0.05, 0.1) is 19.8 Å². The van der Waals surface area contributed by atoms with Gasteiger partial charge in [-0.2, -0.15) is 0 Å². The summed E-state index contributed by atoms with van der Waals surface area (Å²) in [5, 5.41) is 2.86. The van der Waals surface area contributed by atoms with Gasteiger partial charge in [0, 0.05) is 19.6 Å². The minimum Gasteiger partial charge on any atom is -0.379 e. The van der Waals surface area contributed by atoms with Crippen molar-refractivity contribution in [1.29, 1.82) is 0 Å². The van der Waals surface area contributed by atoms with E-state index >= 15 is 0 Å². The van der Waals surface area contributed by atoms with E-state index in [-0.39, 0.29) is 5.91 Å². The van der Waals surface area contributed by atoms with Gasteiger partial charge in [-0.15, -0.1) is 0 Å². The number of rotatable bonds is 13. The quantitative estimate of drug-likeness (QED) is 0.528. The summed E-state index contributed by atoms with van der Waals surface area (Å²) in [7, 11) is 0.